The number of carbonyl (C=O) groups excluding carboxylic acids is 2. The molecular weight excluding hydrogens is 568 g/mol. The predicted molar refractivity (Wildman–Crippen MR) is 164 cm³/mol. The number of ketones is 1. The molecule has 1 aromatic heterocycles. The second-order valence-corrected chi connectivity index (χ2v) is 11.2. The van der Waals surface area contributed by atoms with E-state index in [1.807, 2.05) is 49.4 Å². The summed E-state index contributed by atoms with van der Waals surface area (Å²) in [5.74, 6) is 0.424. The Kier molecular flexibility index (Phi) is 8.20. The number of aliphatic hydroxyl groups excluding tert-OH is 1. The average Bonchev–Trinajstić information content (AvgIpc) is 3.56. The molecule has 1 unspecified atom stereocenters. The van der Waals surface area contributed by atoms with Gasteiger partial charge < -0.3 is 24.1 Å². The zero-order chi connectivity index (χ0) is 29.9. The number of Topliss-reactive ketones (excluding diaryl/α,β-unsaturated/α-hetero) is 1. The van der Waals surface area contributed by atoms with Crippen molar-refractivity contribution in [3.8, 4) is 23.0 Å². The number of hydrogen-bond donors (Lipinski definition) is 1. The maximum atomic E-state index is 13.7. The third-order valence-corrected chi connectivity index (χ3v) is 8.33. The number of aromatic nitrogens is 1. The van der Waals surface area contributed by atoms with Crippen molar-refractivity contribution in [1.82, 2.24) is 4.98 Å². The zero-order valence-electron chi connectivity index (χ0n) is 24.0. The number of ether oxygens (including phenoxy) is 4. The summed E-state index contributed by atoms with van der Waals surface area (Å²) in [7, 11) is 0. The number of rotatable bonds is 10. The number of aliphatic hydroxyl groups is 1. The van der Waals surface area contributed by atoms with Gasteiger partial charge in [0.1, 0.15) is 30.5 Å². The lowest BCUT2D eigenvalue weighted by Crippen LogP contribution is -2.29. The van der Waals surface area contributed by atoms with Crippen LogP contribution in [0.5, 0.6) is 23.0 Å². The van der Waals surface area contributed by atoms with E-state index in [2.05, 4.69) is 6.92 Å². The normalized spacial score (nSPS) is 17.4. The van der Waals surface area contributed by atoms with Crippen molar-refractivity contribution in [2.75, 3.05) is 31.3 Å². The van der Waals surface area contributed by atoms with Gasteiger partial charge in [-0.05, 0) is 67.4 Å². The van der Waals surface area contributed by atoms with Crippen LogP contribution in [0.1, 0.15) is 50.3 Å². The second-order valence-electron chi connectivity index (χ2n) is 10.2. The van der Waals surface area contributed by atoms with Gasteiger partial charge in [0.2, 0.25) is 0 Å². The van der Waals surface area contributed by atoms with E-state index in [0.717, 1.165) is 24.0 Å². The standard InChI is InChI=1S/C33H32N2O7S/c1-3-5-6-14-40-22-9-7-8-20(17-22)29-28(30(36)21-10-13-25-26(18-21)42-16-15-41-25)31(37)32(38)35(29)33-34-24-12-11-23(39-4-2)19-27(24)43-33/h7-13,17-19,29,36H,3-6,14-16H2,1-2H3. The fraction of sp³-hybridized carbons (Fsp3) is 0.303. The Labute approximate surface area is 253 Å². The van der Waals surface area contributed by atoms with Crippen molar-refractivity contribution in [2.45, 2.75) is 39.2 Å². The highest BCUT2D eigenvalue weighted by Crippen LogP contribution is 2.46. The minimum atomic E-state index is -0.945. The Balaban J connectivity index is 1.46. The van der Waals surface area contributed by atoms with E-state index in [1.165, 1.54) is 16.2 Å². The molecule has 10 heteroatoms. The van der Waals surface area contributed by atoms with E-state index in [4.69, 9.17) is 23.9 Å². The molecule has 1 atom stereocenters. The molecule has 2 aliphatic rings. The molecule has 2 aliphatic heterocycles. The van der Waals surface area contributed by atoms with Crippen molar-refractivity contribution in [3.63, 3.8) is 0 Å². The molecule has 43 heavy (non-hydrogen) atoms. The quantitative estimate of drug-likeness (QED) is 0.0932. The summed E-state index contributed by atoms with van der Waals surface area (Å²) in [6.07, 6.45) is 3.04. The SMILES string of the molecule is CCCCCOc1cccc(C2C(=C(O)c3ccc4c(c3)OCCO4)C(=O)C(=O)N2c2nc3ccc(OCC)cc3s2)c1. The molecular formula is C33H32N2O7S. The van der Waals surface area contributed by atoms with Crippen LogP contribution in [0, 0.1) is 0 Å². The van der Waals surface area contributed by atoms with Gasteiger partial charge in [-0.15, -0.1) is 0 Å². The molecule has 3 aromatic carbocycles. The van der Waals surface area contributed by atoms with E-state index >= 15 is 0 Å². The Morgan fingerprint density at radius 3 is 2.60 bits per heavy atom. The highest BCUT2D eigenvalue weighted by atomic mass is 32.1. The van der Waals surface area contributed by atoms with E-state index in [0.29, 0.717) is 71.2 Å². The van der Waals surface area contributed by atoms with E-state index in [1.54, 1.807) is 18.2 Å². The van der Waals surface area contributed by atoms with Gasteiger partial charge in [-0.3, -0.25) is 14.5 Å². The molecule has 222 valence electrons. The average molecular weight is 601 g/mol. The van der Waals surface area contributed by atoms with Crippen molar-refractivity contribution < 1.29 is 33.6 Å². The third kappa shape index (κ3) is 5.62. The number of nitrogens with zero attached hydrogens (tertiary/aromatic N) is 2. The molecule has 0 spiro atoms. The van der Waals surface area contributed by atoms with E-state index < -0.39 is 17.7 Å². The lowest BCUT2D eigenvalue weighted by Gasteiger charge is -2.24. The van der Waals surface area contributed by atoms with Gasteiger partial charge in [-0.2, -0.15) is 0 Å². The number of carbonyl (C=O) groups is 2. The molecule has 0 radical (unpaired) electrons. The van der Waals surface area contributed by atoms with Gasteiger partial charge >= 0.3 is 5.91 Å². The first-order valence-corrected chi connectivity index (χ1v) is 15.3. The smallest absolute Gasteiger partial charge is 0.301 e. The Morgan fingerprint density at radius 1 is 0.977 bits per heavy atom. The van der Waals surface area contributed by atoms with Crippen LogP contribution in [-0.2, 0) is 9.59 Å². The Hall–Kier alpha value is -4.57. The summed E-state index contributed by atoms with van der Waals surface area (Å²) in [5, 5.41) is 12.0. The highest BCUT2D eigenvalue weighted by Gasteiger charge is 2.48. The molecule has 0 saturated carbocycles. The maximum absolute atomic E-state index is 13.7. The van der Waals surface area contributed by atoms with Crippen LogP contribution < -0.4 is 23.8 Å². The van der Waals surface area contributed by atoms with Gasteiger partial charge in [0, 0.05) is 5.56 Å². The number of thiazole rings is 1. The molecule has 6 rings (SSSR count). The predicted octanol–water partition coefficient (Wildman–Crippen LogP) is 6.66. The molecule has 1 saturated heterocycles. The molecule has 1 N–H and O–H groups in total. The molecule has 9 nitrogen and oxygen atoms in total. The van der Waals surface area contributed by atoms with Gasteiger partial charge in [0.25, 0.3) is 5.78 Å². The fourth-order valence-electron chi connectivity index (χ4n) is 5.26. The largest absolute Gasteiger partial charge is 0.507 e. The third-order valence-electron chi connectivity index (χ3n) is 7.32. The summed E-state index contributed by atoms with van der Waals surface area (Å²) in [6.45, 7) is 5.90. The number of benzene rings is 3. The second kappa shape index (κ2) is 12.3. The van der Waals surface area contributed by atoms with Crippen LogP contribution >= 0.6 is 11.3 Å². The van der Waals surface area contributed by atoms with Crippen molar-refractivity contribution >= 4 is 44.1 Å². The van der Waals surface area contributed by atoms with Crippen LogP contribution in [0.25, 0.3) is 16.0 Å². The summed E-state index contributed by atoms with van der Waals surface area (Å²) in [6, 6.07) is 16.8. The number of fused-ring (bicyclic) bond motifs is 2. The minimum Gasteiger partial charge on any atom is -0.507 e. The Bertz CT molecular complexity index is 1710. The van der Waals surface area contributed by atoms with Crippen LogP contribution in [-0.4, -0.2) is 48.2 Å². The minimum absolute atomic E-state index is 0.0425. The van der Waals surface area contributed by atoms with E-state index in [9.17, 15) is 14.7 Å². The maximum Gasteiger partial charge on any atom is 0.301 e. The molecule has 3 heterocycles. The van der Waals surface area contributed by atoms with Crippen LogP contribution in [0.3, 0.4) is 0 Å². The van der Waals surface area contributed by atoms with Crippen LogP contribution in [0.2, 0.25) is 0 Å². The first-order valence-electron chi connectivity index (χ1n) is 14.5. The topological polar surface area (TPSA) is 107 Å². The molecule has 0 bridgehead atoms. The lowest BCUT2D eigenvalue weighted by molar-refractivity contribution is -0.132. The van der Waals surface area contributed by atoms with Gasteiger partial charge in [0.15, 0.2) is 16.6 Å². The molecule has 1 fully saturated rings. The summed E-state index contributed by atoms with van der Waals surface area (Å²) in [5.41, 5.74) is 1.58. The van der Waals surface area contributed by atoms with Crippen LogP contribution in [0.15, 0.2) is 66.2 Å². The number of amides is 1. The summed E-state index contributed by atoms with van der Waals surface area (Å²) < 4.78 is 23.8. The first kappa shape index (κ1) is 28.5. The zero-order valence-corrected chi connectivity index (χ0v) is 24.8. The van der Waals surface area contributed by atoms with Gasteiger partial charge in [-0.1, -0.05) is 43.2 Å². The molecule has 0 aliphatic carbocycles. The fourth-order valence-corrected chi connectivity index (χ4v) is 6.28. The summed E-state index contributed by atoms with van der Waals surface area (Å²) in [4.78, 5) is 33.5. The molecule has 1 amide bonds. The first-order chi connectivity index (χ1) is 21.0. The monoisotopic (exact) mass is 600 g/mol. The van der Waals surface area contributed by atoms with Crippen molar-refractivity contribution in [3.05, 3.63) is 77.4 Å². The number of unbranched alkanes of at least 4 members (excludes halogenated alkanes) is 2. The molecule has 4 aromatic rings. The number of anilines is 1. The lowest BCUT2D eigenvalue weighted by atomic mass is 9.95. The number of hydrogen-bond acceptors (Lipinski definition) is 9. The van der Waals surface area contributed by atoms with Crippen molar-refractivity contribution in [2.24, 2.45) is 0 Å². The Morgan fingerprint density at radius 2 is 1.79 bits per heavy atom. The summed E-state index contributed by atoms with van der Waals surface area (Å²) >= 11 is 1.28. The highest BCUT2D eigenvalue weighted by molar-refractivity contribution is 7.22. The van der Waals surface area contributed by atoms with Gasteiger partial charge in [0.05, 0.1) is 35.0 Å². The van der Waals surface area contributed by atoms with Crippen molar-refractivity contribution in [1.29, 1.82) is 0 Å². The van der Waals surface area contributed by atoms with Crippen LogP contribution in [0.4, 0.5) is 5.13 Å². The van der Waals surface area contributed by atoms with Gasteiger partial charge in [-0.25, -0.2) is 4.98 Å². The van der Waals surface area contributed by atoms with E-state index in [-0.39, 0.29) is 11.3 Å².